The van der Waals surface area contributed by atoms with E-state index in [-0.39, 0.29) is 5.91 Å². The molecule has 1 N–H and O–H groups in total. The Morgan fingerprint density at radius 2 is 2.08 bits per heavy atom. The summed E-state index contributed by atoms with van der Waals surface area (Å²) in [5.41, 5.74) is 1.85. The minimum Gasteiger partial charge on any atom is -0.497 e. The Labute approximate surface area is 146 Å². The monoisotopic (exact) mass is 344 g/mol. The van der Waals surface area contributed by atoms with Crippen molar-refractivity contribution in [3.05, 3.63) is 42.5 Å². The molecule has 2 amide bonds. The van der Waals surface area contributed by atoms with Crippen LogP contribution in [0.2, 0.25) is 0 Å². The van der Waals surface area contributed by atoms with Crippen molar-refractivity contribution in [3.8, 4) is 5.75 Å². The summed E-state index contributed by atoms with van der Waals surface area (Å²) in [6.45, 7) is 1.77. The normalized spacial score (nSPS) is 10.1. The van der Waals surface area contributed by atoms with Gasteiger partial charge in [-0.3, -0.25) is 14.5 Å². The van der Waals surface area contributed by atoms with Crippen LogP contribution in [-0.4, -0.2) is 25.7 Å². The maximum Gasteiger partial charge on any atom is 0.224 e. The number of amides is 2. The van der Waals surface area contributed by atoms with Crippen molar-refractivity contribution in [2.45, 2.75) is 18.2 Å². The molecule has 5 nitrogen and oxygen atoms in total. The number of rotatable bonds is 7. The topological polar surface area (TPSA) is 58.6 Å². The molecule has 2 rings (SSSR count). The van der Waals surface area contributed by atoms with Crippen LogP contribution in [0.1, 0.15) is 13.3 Å². The second kappa shape index (κ2) is 8.40. The molecular formula is C18H20N2O3S. The minimum absolute atomic E-state index is 0.131. The summed E-state index contributed by atoms with van der Waals surface area (Å²) in [5, 5.41) is 2.82. The smallest absolute Gasteiger partial charge is 0.224 e. The number of ether oxygens (including phenoxy) is 1. The summed E-state index contributed by atoms with van der Waals surface area (Å²) in [7, 11) is 1.56. The van der Waals surface area contributed by atoms with Crippen LogP contribution in [0.5, 0.6) is 5.75 Å². The number of carbonyl (C=O) groups is 2. The molecule has 0 aromatic heterocycles. The van der Waals surface area contributed by atoms with Crippen LogP contribution in [0.3, 0.4) is 0 Å². The highest BCUT2D eigenvalue weighted by Gasteiger charge is 2.15. The van der Waals surface area contributed by atoms with Crippen LogP contribution in [0.4, 0.5) is 17.1 Å². The van der Waals surface area contributed by atoms with Gasteiger partial charge in [-0.1, -0.05) is 13.0 Å². The fraction of sp³-hybridized carbons (Fsp3) is 0.222. The van der Waals surface area contributed by atoms with E-state index in [4.69, 9.17) is 4.74 Å². The first kappa shape index (κ1) is 17.9. The van der Waals surface area contributed by atoms with Crippen molar-refractivity contribution in [3.63, 3.8) is 0 Å². The van der Waals surface area contributed by atoms with Gasteiger partial charge in [0, 0.05) is 23.1 Å². The Balaban J connectivity index is 2.49. The van der Waals surface area contributed by atoms with Gasteiger partial charge in [-0.25, -0.2) is 0 Å². The number of benzene rings is 2. The molecule has 24 heavy (non-hydrogen) atoms. The van der Waals surface area contributed by atoms with Gasteiger partial charge in [-0.05, 0) is 36.6 Å². The van der Waals surface area contributed by atoms with Gasteiger partial charge in [0.15, 0.2) is 0 Å². The highest BCUT2D eigenvalue weighted by atomic mass is 32.2. The fourth-order valence-corrected chi connectivity index (χ4v) is 2.66. The van der Waals surface area contributed by atoms with E-state index in [1.807, 2.05) is 30.5 Å². The standard InChI is InChI=1S/C18H20N2O3S/c1-4-18(22)19-16-11-14(23-2)8-9-17(16)20(12-21)13-6-5-7-15(10-13)24-3/h5-12H,4H2,1-3H3,(H,19,22). The first-order chi connectivity index (χ1) is 11.6. The van der Waals surface area contributed by atoms with E-state index in [9.17, 15) is 9.59 Å². The molecule has 0 spiro atoms. The van der Waals surface area contributed by atoms with E-state index in [0.717, 1.165) is 17.0 Å². The van der Waals surface area contributed by atoms with Crippen molar-refractivity contribution in [1.82, 2.24) is 0 Å². The van der Waals surface area contributed by atoms with Crippen LogP contribution in [0.15, 0.2) is 47.4 Å². The number of hydrogen-bond acceptors (Lipinski definition) is 4. The average molecular weight is 344 g/mol. The zero-order valence-corrected chi connectivity index (χ0v) is 14.7. The second-order valence-electron chi connectivity index (χ2n) is 4.96. The number of carbonyl (C=O) groups excluding carboxylic acids is 2. The van der Waals surface area contributed by atoms with Crippen molar-refractivity contribution >= 4 is 41.1 Å². The van der Waals surface area contributed by atoms with E-state index in [1.54, 1.807) is 44.0 Å². The third kappa shape index (κ3) is 4.08. The number of methoxy groups -OCH3 is 1. The molecule has 0 unspecified atom stereocenters. The lowest BCUT2D eigenvalue weighted by Crippen LogP contribution is -2.18. The summed E-state index contributed by atoms with van der Waals surface area (Å²) < 4.78 is 5.22. The molecule has 0 aliphatic heterocycles. The number of nitrogens with zero attached hydrogens (tertiary/aromatic N) is 1. The summed E-state index contributed by atoms with van der Waals surface area (Å²) in [4.78, 5) is 26.1. The van der Waals surface area contributed by atoms with Gasteiger partial charge >= 0.3 is 0 Å². The molecule has 6 heteroatoms. The summed E-state index contributed by atoms with van der Waals surface area (Å²) in [5.74, 6) is 0.474. The third-order valence-corrected chi connectivity index (χ3v) is 4.22. The van der Waals surface area contributed by atoms with E-state index in [0.29, 0.717) is 23.5 Å². The van der Waals surface area contributed by atoms with Gasteiger partial charge < -0.3 is 10.1 Å². The number of hydrogen-bond donors (Lipinski definition) is 1. The highest BCUT2D eigenvalue weighted by molar-refractivity contribution is 7.98. The van der Waals surface area contributed by atoms with E-state index in [1.165, 1.54) is 4.90 Å². The lowest BCUT2D eigenvalue weighted by molar-refractivity contribution is -0.116. The molecule has 0 aliphatic carbocycles. The Kier molecular flexibility index (Phi) is 6.26. The maximum absolute atomic E-state index is 11.8. The van der Waals surface area contributed by atoms with Crippen LogP contribution >= 0.6 is 11.8 Å². The van der Waals surface area contributed by atoms with Crippen molar-refractivity contribution in [2.24, 2.45) is 0 Å². The SMILES string of the molecule is CCC(=O)Nc1cc(OC)ccc1N(C=O)c1cccc(SC)c1. The van der Waals surface area contributed by atoms with Crippen LogP contribution in [0.25, 0.3) is 0 Å². The van der Waals surface area contributed by atoms with E-state index in [2.05, 4.69) is 5.32 Å². The summed E-state index contributed by atoms with van der Waals surface area (Å²) in [6, 6.07) is 12.9. The van der Waals surface area contributed by atoms with E-state index < -0.39 is 0 Å². The van der Waals surface area contributed by atoms with E-state index >= 15 is 0 Å². The van der Waals surface area contributed by atoms with Gasteiger partial charge in [-0.15, -0.1) is 11.8 Å². The van der Waals surface area contributed by atoms with Crippen molar-refractivity contribution in [2.75, 3.05) is 23.6 Å². The number of nitrogens with one attached hydrogen (secondary N) is 1. The Hall–Kier alpha value is -2.47. The summed E-state index contributed by atoms with van der Waals surface area (Å²) >= 11 is 1.60. The molecule has 2 aromatic rings. The second-order valence-corrected chi connectivity index (χ2v) is 5.84. The largest absolute Gasteiger partial charge is 0.497 e. The Bertz CT molecular complexity index is 734. The maximum atomic E-state index is 11.8. The van der Waals surface area contributed by atoms with Crippen molar-refractivity contribution < 1.29 is 14.3 Å². The first-order valence-corrected chi connectivity index (χ1v) is 8.71. The van der Waals surface area contributed by atoms with Gasteiger partial charge in [0.05, 0.1) is 18.5 Å². The van der Waals surface area contributed by atoms with Crippen LogP contribution in [0, 0.1) is 0 Å². The number of thioether (sulfide) groups is 1. The molecular weight excluding hydrogens is 324 g/mol. The quantitative estimate of drug-likeness (QED) is 0.608. The zero-order chi connectivity index (χ0) is 17.5. The first-order valence-electron chi connectivity index (χ1n) is 7.49. The Morgan fingerprint density at radius 1 is 1.29 bits per heavy atom. The lowest BCUT2D eigenvalue weighted by Gasteiger charge is -2.22. The molecule has 0 bridgehead atoms. The molecule has 2 aromatic carbocycles. The highest BCUT2D eigenvalue weighted by Crippen LogP contribution is 2.35. The van der Waals surface area contributed by atoms with Crippen LogP contribution in [-0.2, 0) is 9.59 Å². The zero-order valence-electron chi connectivity index (χ0n) is 13.9. The van der Waals surface area contributed by atoms with Gasteiger partial charge in [0.1, 0.15) is 5.75 Å². The molecule has 0 radical (unpaired) electrons. The number of anilines is 3. The molecule has 0 saturated heterocycles. The van der Waals surface area contributed by atoms with Crippen LogP contribution < -0.4 is 15.0 Å². The molecule has 0 atom stereocenters. The molecule has 0 heterocycles. The third-order valence-electron chi connectivity index (χ3n) is 3.50. The fourth-order valence-electron chi connectivity index (χ4n) is 2.21. The minimum atomic E-state index is -0.131. The molecule has 0 fully saturated rings. The predicted octanol–water partition coefficient (Wildman–Crippen LogP) is 4.06. The lowest BCUT2D eigenvalue weighted by atomic mass is 10.2. The molecule has 126 valence electrons. The molecule has 0 aliphatic rings. The molecule has 0 saturated carbocycles. The van der Waals surface area contributed by atoms with Gasteiger partial charge in [0.25, 0.3) is 0 Å². The van der Waals surface area contributed by atoms with Crippen molar-refractivity contribution in [1.29, 1.82) is 0 Å². The Morgan fingerprint density at radius 3 is 2.71 bits per heavy atom. The summed E-state index contributed by atoms with van der Waals surface area (Å²) in [6.07, 6.45) is 3.06. The average Bonchev–Trinajstić information content (AvgIpc) is 2.63. The van der Waals surface area contributed by atoms with Gasteiger partial charge in [0.2, 0.25) is 12.3 Å². The van der Waals surface area contributed by atoms with Gasteiger partial charge in [-0.2, -0.15) is 0 Å². The predicted molar refractivity (Wildman–Crippen MR) is 98.3 cm³/mol.